The van der Waals surface area contributed by atoms with Crippen LogP contribution >= 0.6 is 0 Å². The lowest BCUT2D eigenvalue weighted by atomic mass is 9.85. The Morgan fingerprint density at radius 3 is 2.39 bits per heavy atom. The highest BCUT2D eigenvalue weighted by Crippen LogP contribution is 2.42. The molecular formula is C29H32N2O2. The van der Waals surface area contributed by atoms with Crippen LogP contribution in [0.3, 0.4) is 0 Å². The van der Waals surface area contributed by atoms with Crippen LogP contribution in [0, 0.1) is 5.92 Å². The van der Waals surface area contributed by atoms with Crippen molar-refractivity contribution in [3.63, 3.8) is 0 Å². The highest BCUT2D eigenvalue weighted by atomic mass is 16.5. The van der Waals surface area contributed by atoms with Crippen molar-refractivity contribution in [2.75, 3.05) is 26.2 Å². The molecule has 1 amide bonds. The van der Waals surface area contributed by atoms with Crippen LogP contribution in [0.15, 0.2) is 78.9 Å². The zero-order valence-electron chi connectivity index (χ0n) is 19.0. The van der Waals surface area contributed by atoms with Gasteiger partial charge in [-0.25, -0.2) is 0 Å². The maximum absolute atomic E-state index is 11.6. The molecular weight excluding hydrogens is 408 g/mol. The van der Waals surface area contributed by atoms with Gasteiger partial charge in [0.15, 0.2) is 0 Å². The van der Waals surface area contributed by atoms with E-state index in [4.69, 9.17) is 10.5 Å². The molecule has 0 aromatic heterocycles. The number of ether oxygens (including phenoxy) is 1. The average molecular weight is 441 g/mol. The fourth-order valence-corrected chi connectivity index (χ4v) is 5.49. The van der Waals surface area contributed by atoms with Crippen LogP contribution in [-0.2, 0) is 16.0 Å². The number of likely N-dealkylation sites (tertiary alicyclic amines) is 1. The van der Waals surface area contributed by atoms with Crippen molar-refractivity contribution in [3.05, 3.63) is 107 Å². The molecule has 1 heterocycles. The van der Waals surface area contributed by atoms with Gasteiger partial charge in [0.25, 0.3) is 0 Å². The van der Waals surface area contributed by atoms with Gasteiger partial charge in [0.2, 0.25) is 5.91 Å². The van der Waals surface area contributed by atoms with Crippen LogP contribution in [0.25, 0.3) is 0 Å². The molecule has 0 saturated carbocycles. The van der Waals surface area contributed by atoms with Gasteiger partial charge in [-0.3, -0.25) is 4.79 Å². The van der Waals surface area contributed by atoms with Crippen molar-refractivity contribution < 1.29 is 9.53 Å². The average Bonchev–Trinajstić information content (AvgIpc) is 3.00. The molecule has 1 fully saturated rings. The van der Waals surface area contributed by atoms with Gasteiger partial charge in [-0.1, -0.05) is 78.9 Å². The van der Waals surface area contributed by atoms with E-state index < -0.39 is 0 Å². The molecule has 0 bridgehead atoms. The Labute approximate surface area is 196 Å². The number of hydrogen-bond acceptors (Lipinski definition) is 3. The van der Waals surface area contributed by atoms with E-state index in [2.05, 4.69) is 83.8 Å². The number of carbonyl (C=O) groups is 1. The van der Waals surface area contributed by atoms with E-state index in [1.54, 1.807) is 0 Å². The first-order valence-corrected chi connectivity index (χ1v) is 12.1. The van der Waals surface area contributed by atoms with Gasteiger partial charge < -0.3 is 15.4 Å². The molecule has 1 saturated heterocycles. The summed E-state index contributed by atoms with van der Waals surface area (Å²) >= 11 is 0. The van der Waals surface area contributed by atoms with E-state index >= 15 is 0 Å². The van der Waals surface area contributed by atoms with Crippen LogP contribution < -0.4 is 5.73 Å². The molecule has 170 valence electrons. The molecule has 5 rings (SSSR count). The van der Waals surface area contributed by atoms with E-state index in [1.807, 2.05) is 0 Å². The lowest BCUT2D eigenvalue weighted by Crippen LogP contribution is -2.42. The Kier molecular flexibility index (Phi) is 6.56. The van der Waals surface area contributed by atoms with Crippen LogP contribution in [0.2, 0.25) is 0 Å². The number of nitrogens with zero attached hydrogens (tertiary/aromatic N) is 1. The molecule has 4 heteroatoms. The van der Waals surface area contributed by atoms with Gasteiger partial charge in [0.05, 0.1) is 12.5 Å². The van der Waals surface area contributed by atoms with E-state index in [0.717, 1.165) is 38.9 Å². The quantitative estimate of drug-likeness (QED) is 0.606. The third-order valence-corrected chi connectivity index (χ3v) is 7.22. The van der Waals surface area contributed by atoms with Crippen LogP contribution in [0.4, 0.5) is 0 Å². The van der Waals surface area contributed by atoms with Crippen LogP contribution in [0.1, 0.15) is 52.7 Å². The lowest BCUT2D eigenvalue weighted by Gasteiger charge is -2.31. The zero-order chi connectivity index (χ0) is 22.6. The van der Waals surface area contributed by atoms with Crippen molar-refractivity contribution in [3.8, 4) is 0 Å². The Morgan fingerprint density at radius 1 is 0.909 bits per heavy atom. The van der Waals surface area contributed by atoms with Gasteiger partial charge in [0, 0.05) is 19.0 Å². The second-order valence-corrected chi connectivity index (χ2v) is 9.29. The largest absolute Gasteiger partial charge is 0.369 e. The van der Waals surface area contributed by atoms with Gasteiger partial charge in [0.1, 0.15) is 6.10 Å². The summed E-state index contributed by atoms with van der Waals surface area (Å²) in [5.41, 5.74) is 12.1. The Balaban J connectivity index is 1.42. The van der Waals surface area contributed by atoms with Gasteiger partial charge >= 0.3 is 0 Å². The van der Waals surface area contributed by atoms with Crippen molar-refractivity contribution in [2.45, 2.75) is 31.3 Å². The number of hydrogen-bond donors (Lipinski definition) is 1. The van der Waals surface area contributed by atoms with E-state index in [-0.39, 0.29) is 17.9 Å². The Bertz CT molecular complexity index is 1100. The fourth-order valence-electron chi connectivity index (χ4n) is 5.49. The van der Waals surface area contributed by atoms with E-state index in [9.17, 15) is 4.79 Å². The normalized spacial score (nSPS) is 22.7. The predicted molar refractivity (Wildman–Crippen MR) is 131 cm³/mol. The molecule has 2 N–H and O–H groups in total. The molecule has 0 spiro atoms. The van der Waals surface area contributed by atoms with Crippen molar-refractivity contribution in [1.82, 2.24) is 4.90 Å². The number of benzene rings is 3. The molecule has 3 unspecified atom stereocenters. The zero-order valence-corrected chi connectivity index (χ0v) is 19.0. The fraction of sp³-hybridized carbons (Fsp3) is 0.345. The third-order valence-electron chi connectivity index (χ3n) is 7.22. The van der Waals surface area contributed by atoms with E-state index in [0.29, 0.717) is 12.5 Å². The first-order valence-electron chi connectivity index (χ1n) is 12.1. The topological polar surface area (TPSA) is 55.6 Å². The summed E-state index contributed by atoms with van der Waals surface area (Å²) in [6.07, 6.45) is 2.78. The summed E-state index contributed by atoms with van der Waals surface area (Å²) < 4.78 is 6.64. The molecule has 2 aliphatic rings. The molecule has 1 aliphatic carbocycles. The summed E-state index contributed by atoms with van der Waals surface area (Å²) in [7, 11) is 0. The minimum absolute atomic E-state index is 0.0373. The minimum Gasteiger partial charge on any atom is -0.369 e. The second-order valence-electron chi connectivity index (χ2n) is 9.29. The first-order chi connectivity index (χ1) is 16.2. The number of piperidine rings is 1. The number of carbonyl (C=O) groups excluding carboxylic acids is 1. The second kappa shape index (κ2) is 9.90. The highest BCUT2D eigenvalue weighted by Gasteiger charge is 2.30. The molecule has 3 aromatic carbocycles. The summed E-state index contributed by atoms with van der Waals surface area (Å²) in [5, 5.41) is 0. The maximum atomic E-state index is 11.6. The summed E-state index contributed by atoms with van der Waals surface area (Å²) in [5.74, 6) is 0.0828. The Morgan fingerprint density at radius 2 is 1.61 bits per heavy atom. The predicted octanol–water partition coefficient (Wildman–Crippen LogP) is 4.68. The molecule has 1 aliphatic heterocycles. The van der Waals surface area contributed by atoms with Gasteiger partial charge in [-0.2, -0.15) is 0 Å². The van der Waals surface area contributed by atoms with Crippen molar-refractivity contribution >= 4 is 5.91 Å². The van der Waals surface area contributed by atoms with Crippen molar-refractivity contribution in [2.24, 2.45) is 11.7 Å². The SMILES string of the molecule is NC(=O)C1CCCN(CCOC2c3ccccc3CC(c3ccccc3)c3ccccc32)C1. The molecule has 3 atom stereocenters. The first kappa shape index (κ1) is 21.9. The maximum Gasteiger partial charge on any atom is 0.221 e. The van der Waals surface area contributed by atoms with E-state index in [1.165, 1.54) is 27.8 Å². The van der Waals surface area contributed by atoms with Crippen LogP contribution in [-0.4, -0.2) is 37.0 Å². The van der Waals surface area contributed by atoms with Gasteiger partial charge in [-0.15, -0.1) is 0 Å². The summed E-state index contributed by atoms with van der Waals surface area (Å²) in [6, 6.07) is 28.2. The third kappa shape index (κ3) is 4.73. The monoisotopic (exact) mass is 440 g/mol. The highest BCUT2D eigenvalue weighted by molar-refractivity contribution is 5.76. The summed E-state index contributed by atoms with van der Waals surface area (Å²) in [6.45, 7) is 3.18. The molecule has 33 heavy (non-hydrogen) atoms. The summed E-state index contributed by atoms with van der Waals surface area (Å²) in [4.78, 5) is 14.0. The number of rotatable bonds is 6. The molecule has 4 nitrogen and oxygen atoms in total. The smallest absolute Gasteiger partial charge is 0.221 e. The standard InChI is InChI=1S/C29H32N2O2/c30-29(32)23-12-8-16-31(20-23)17-18-33-28-24-13-5-4-11-22(24)19-27(21-9-2-1-3-10-21)25-14-6-7-15-26(25)28/h1-7,9-11,13-15,23,27-28H,8,12,16-20H2,(H2,30,32). The molecule has 0 radical (unpaired) electrons. The van der Waals surface area contributed by atoms with Crippen molar-refractivity contribution in [1.29, 1.82) is 0 Å². The minimum atomic E-state index is -0.181. The number of fused-ring (bicyclic) bond motifs is 2. The lowest BCUT2D eigenvalue weighted by molar-refractivity contribution is -0.123. The van der Waals surface area contributed by atoms with Crippen LogP contribution in [0.5, 0.6) is 0 Å². The number of amides is 1. The van der Waals surface area contributed by atoms with Gasteiger partial charge in [-0.05, 0) is 53.6 Å². The number of nitrogens with two attached hydrogens (primary N) is 1. The number of primary amides is 1. The Hall–Kier alpha value is -2.95. The molecule has 3 aromatic rings.